The molecule has 2 N–H and O–H groups in total. The summed E-state index contributed by atoms with van der Waals surface area (Å²) in [5, 5.41) is 5.72. The van der Waals surface area contributed by atoms with Gasteiger partial charge in [-0.15, -0.1) is 0 Å². The quantitative estimate of drug-likeness (QED) is 0.450. The SMILES string of the molecule is Cc1nn(C)c(-n2ccc3cc(Cl)ccc32)c1C(CCCC(F)(F)F)CS(=O)(=O)OC(N)=O. The van der Waals surface area contributed by atoms with Gasteiger partial charge >= 0.3 is 22.4 Å². The Morgan fingerprint density at radius 3 is 2.64 bits per heavy atom. The van der Waals surface area contributed by atoms with Gasteiger partial charge in [-0.2, -0.15) is 26.7 Å². The maximum Gasteiger partial charge on any atom is 0.420 e. The number of hydrogen-bond donors (Lipinski definition) is 1. The van der Waals surface area contributed by atoms with E-state index in [9.17, 15) is 26.4 Å². The highest BCUT2D eigenvalue weighted by Crippen LogP contribution is 2.35. The maximum atomic E-state index is 12.8. The number of amides is 1. The van der Waals surface area contributed by atoms with E-state index in [-0.39, 0.29) is 12.8 Å². The molecule has 0 radical (unpaired) electrons. The van der Waals surface area contributed by atoms with Crippen LogP contribution < -0.4 is 5.73 Å². The molecule has 180 valence electrons. The second-order valence-corrected chi connectivity index (χ2v) is 9.72. The van der Waals surface area contributed by atoms with Crippen LogP contribution in [0.1, 0.15) is 36.4 Å². The van der Waals surface area contributed by atoms with Crippen molar-refractivity contribution in [2.24, 2.45) is 12.8 Å². The number of primary amides is 1. The molecule has 0 fully saturated rings. The van der Waals surface area contributed by atoms with Gasteiger partial charge in [0.15, 0.2) is 0 Å². The molecule has 1 amide bonds. The lowest BCUT2D eigenvalue weighted by Crippen LogP contribution is -2.25. The number of hydrogen-bond acceptors (Lipinski definition) is 5. The minimum Gasteiger partial charge on any atom is -0.334 e. The zero-order chi connectivity index (χ0) is 24.6. The fourth-order valence-electron chi connectivity index (χ4n) is 3.99. The highest BCUT2D eigenvalue weighted by molar-refractivity contribution is 7.87. The van der Waals surface area contributed by atoms with Crippen LogP contribution in [0.5, 0.6) is 0 Å². The van der Waals surface area contributed by atoms with Gasteiger partial charge in [-0.25, -0.2) is 4.79 Å². The van der Waals surface area contributed by atoms with E-state index >= 15 is 0 Å². The summed E-state index contributed by atoms with van der Waals surface area (Å²) >= 11 is 6.06. The number of fused-ring (bicyclic) bond motifs is 1. The minimum atomic E-state index is -4.45. The average molecular weight is 507 g/mol. The fraction of sp³-hybridized carbons (Fsp3) is 0.400. The van der Waals surface area contributed by atoms with E-state index in [2.05, 4.69) is 9.28 Å². The molecule has 33 heavy (non-hydrogen) atoms. The van der Waals surface area contributed by atoms with Crippen LogP contribution in [0, 0.1) is 6.92 Å². The molecule has 2 heterocycles. The zero-order valence-electron chi connectivity index (χ0n) is 17.8. The standard InChI is InChI=1S/C20H22ClF3N4O4S/c1-12-17(14(4-3-8-20(22,23)24)11-33(30,31)32-19(25)29)18(27(2)26-12)28-9-7-13-10-15(21)5-6-16(13)28/h5-7,9-10,14H,3-4,8,11H2,1-2H3,(H2,25,29). The van der Waals surface area contributed by atoms with E-state index in [1.165, 1.54) is 4.68 Å². The molecule has 0 spiro atoms. The third-order valence-electron chi connectivity index (χ3n) is 5.15. The summed E-state index contributed by atoms with van der Waals surface area (Å²) in [6, 6.07) is 7.02. The lowest BCUT2D eigenvalue weighted by molar-refractivity contribution is -0.135. The number of nitrogens with zero attached hydrogens (tertiary/aromatic N) is 3. The highest BCUT2D eigenvalue weighted by Gasteiger charge is 2.32. The summed E-state index contributed by atoms with van der Waals surface area (Å²) in [5.74, 6) is -1.19. The number of nitrogens with two attached hydrogens (primary N) is 1. The van der Waals surface area contributed by atoms with Crippen LogP contribution in [0.2, 0.25) is 5.02 Å². The van der Waals surface area contributed by atoms with Gasteiger partial charge in [0, 0.05) is 41.6 Å². The molecule has 0 saturated heterocycles. The van der Waals surface area contributed by atoms with Gasteiger partial charge in [-0.1, -0.05) is 11.6 Å². The van der Waals surface area contributed by atoms with E-state index in [0.717, 1.165) is 10.9 Å². The third-order valence-corrected chi connectivity index (χ3v) is 6.62. The average Bonchev–Trinajstić information content (AvgIpc) is 3.17. The van der Waals surface area contributed by atoms with Gasteiger partial charge in [-0.05, 0) is 44.0 Å². The van der Waals surface area contributed by atoms with Crippen molar-refractivity contribution < 1.29 is 30.6 Å². The second kappa shape index (κ2) is 9.26. The Morgan fingerprint density at radius 1 is 1.30 bits per heavy atom. The number of alkyl halides is 3. The number of carbonyl (C=O) groups is 1. The van der Waals surface area contributed by atoms with Crippen molar-refractivity contribution in [1.82, 2.24) is 14.3 Å². The first-order valence-electron chi connectivity index (χ1n) is 9.86. The van der Waals surface area contributed by atoms with Gasteiger partial charge in [0.05, 0.1) is 17.0 Å². The van der Waals surface area contributed by atoms with E-state index in [0.29, 0.717) is 22.1 Å². The Morgan fingerprint density at radius 2 is 2.00 bits per heavy atom. The van der Waals surface area contributed by atoms with Crippen LogP contribution in [0.15, 0.2) is 30.5 Å². The number of carbonyl (C=O) groups excluding carboxylic acids is 1. The first kappa shape index (κ1) is 24.9. The largest absolute Gasteiger partial charge is 0.420 e. The van der Waals surface area contributed by atoms with Crippen molar-refractivity contribution in [2.45, 2.75) is 38.3 Å². The summed E-state index contributed by atoms with van der Waals surface area (Å²) in [6.45, 7) is 1.64. The van der Waals surface area contributed by atoms with Gasteiger partial charge in [0.25, 0.3) is 0 Å². The Balaban J connectivity index is 2.10. The first-order valence-corrected chi connectivity index (χ1v) is 11.8. The fourth-order valence-corrected chi connectivity index (χ4v) is 5.31. The Hall–Kier alpha value is -2.73. The normalized spacial score (nSPS) is 13.4. The van der Waals surface area contributed by atoms with Crippen molar-refractivity contribution in [3.05, 3.63) is 46.7 Å². The summed E-state index contributed by atoms with van der Waals surface area (Å²) < 4.78 is 70.6. The van der Waals surface area contributed by atoms with Gasteiger partial charge in [-0.3, -0.25) is 4.68 Å². The van der Waals surface area contributed by atoms with Crippen molar-refractivity contribution in [2.75, 3.05) is 5.75 Å². The zero-order valence-corrected chi connectivity index (χ0v) is 19.3. The van der Waals surface area contributed by atoms with Crippen LogP contribution in [-0.4, -0.2) is 40.8 Å². The Bertz CT molecular complexity index is 1280. The van der Waals surface area contributed by atoms with Crippen LogP contribution >= 0.6 is 11.6 Å². The summed E-state index contributed by atoms with van der Waals surface area (Å²) in [6.07, 6.45) is -5.71. The number of aryl methyl sites for hydroxylation is 2. The molecule has 0 aliphatic rings. The molecule has 8 nitrogen and oxygen atoms in total. The highest BCUT2D eigenvalue weighted by atomic mass is 35.5. The molecule has 13 heteroatoms. The van der Waals surface area contributed by atoms with Crippen LogP contribution in [0.25, 0.3) is 16.7 Å². The van der Waals surface area contributed by atoms with Crippen molar-refractivity contribution in [3.63, 3.8) is 0 Å². The monoisotopic (exact) mass is 506 g/mol. The Labute approximate surface area is 193 Å². The minimum absolute atomic E-state index is 0.134. The maximum absolute atomic E-state index is 12.8. The predicted molar refractivity (Wildman–Crippen MR) is 117 cm³/mol. The third kappa shape index (κ3) is 5.99. The summed E-state index contributed by atoms with van der Waals surface area (Å²) in [7, 11) is -2.81. The molecule has 0 bridgehead atoms. The number of halogens is 4. The van der Waals surface area contributed by atoms with Gasteiger partial charge in [0.2, 0.25) is 0 Å². The molecule has 3 aromatic rings. The molecule has 1 unspecified atom stereocenters. The smallest absolute Gasteiger partial charge is 0.334 e. The molecule has 0 aliphatic heterocycles. The van der Waals surface area contributed by atoms with Gasteiger partial charge in [0.1, 0.15) is 5.82 Å². The molecular weight excluding hydrogens is 485 g/mol. The van der Waals surface area contributed by atoms with Gasteiger partial charge < -0.3 is 14.5 Å². The molecule has 0 aliphatic carbocycles. The lowest BCUT2D eigenvalue weighted by atomic mass is 9.94. The number of aromatic nitrogens is 3. The number of benzene rings is 1. The first-order chi connectivity index (χ1) is 15.3. The molecule has 3 rings (SSSR count). The van der Waals surface area contributed by atoms with E-state index < -0.39 is 40.5 Å². The van der Waals surface area contributed by atoms with Crippen LogP contribution in [0.3, 0.4) is 0 Å². The molecule has 1 aromatic carbocycles. The van der Waals surface area contributed by atoms with Crippen molar-refractivity contribution >= 4 is 38.7 Å². The van der Waals surface area contributed by atoms with Crippen LogP contribution in [0.4, 0.5) is 18.0 Å². The van der Waals surface area contributed by atoms with Crippen LogP contribution in [-0.2, 0) is 21.3 Å². The van der Waals surface area contributed by atoms with E-state index in [1.54, 1.807) is 49.0 Å². The molecule has 0 saturated carbocycles. The molecule has 1 atom stereocenters. The molecular formula is C20H22ClF3N4O4S. The molecule has 2 aromatic heterocycles. The number of rotatable bonds is 8. The topological polar surface area (TPSA) is 109 Å². The summed E-state index contributed by atoms with van der Waals surface area (Å²) in [4.78, 5) is 11.0. The van der Waals surface area contributed by atoms with E-state index in [1.807, 2.05) is 0 Å². The lowest BCUT2D eigenvalue weighted by Gasteiger charge is -2.20. The van der Waals surface area contributed by atoms with Crippen molar-refractivity contribution in [1.29, 1.82) is 0 Å². The second-order valence-electron chi connectivity index (χ2n) is 7.67. The van der Waals surface area contributed by atoms with E-state index in [4.69, 9.17) is 17.3 Å². The summed E-state index contributed by atoms with van der Waals surface area (Å²) in [5.41, 5.74) is 6.46. The Kier molecular flexibility index (Phi) is 6.99. The van der Waals surface area contributed by atoms with Crippen molar-refractivity contribution in [3.8, 4) is 5.82 Å². The predicted octanol–water partition coefficient (Wildman–Crippen LogP) is 4.57.